The maximum atomic E-state index is 10.9. The number of carboxylic acids is 1. The number of nitrogens with one attached hydrogen (secondary N) is 1. The number of aromatic nitrogens is 2. The van der Waals surface area contributed by atoms with Gasteiger partial charge in [-0.3, -0.25) is 0 Å². The van der Waals surface area contributed by atoms with E-state index in [-0.39, 0.29) is 11.7 Å². The molecule has 0 bridgehead atoms. The maximum absolute atomic E-state index is 10.9. The normalized spacial score (nSPS) is 16.6. The third-order valence-corrected chi connectivity index (χ3v) is 3.20. The van der Waals surface area contributed by atoms with Crippen molar-refractivity contribution in [2.24, 2.45) is 0 Å². The Bertz CT molecular complexity index is 406. The highest BCUT2D eigenvalue weighted by Crippen LogP contribution is 2.23. The highest BCUT2D eigenvalue weighted by molar-refractivity contribution is 5.85. The van der Waals surface area contributed by atoms with Crippen molar-refractivity contribution < 1.29 is 9.90 Å². The first kappa shape index (κ1) is 12.0. The second-order valence-corrected chi connectivity index (χ2v) is 4.88. The van der Waals surface area contributed by atoms with E-state index < -0.39 is 5.97 Å². The molecule has 17 heavy (non-hydrogen) atoms. The summed E-state index contributed by atoms with van der Waals surface area (Å²) in [5, 5.41) is 12.3. The fourth-order valence-corrected chi connectivity index (χ4v) is 2.25. The molecule has 0 radical (unpaired) electrons. The fraction of sp³-hybridized carbons (Fsp3) is 0.667. The SMILES string of the molecule is CC(C)n1cc(C(=O)O)nc1NC1CCCC1. The quantitative estimate of drug-likeness (QED) is 0.844. The second kappa shape index (κ2) is 4.77. The topological polar surface area (TPSA) is 67.2 Å². The smallest absolute Gasteiger partial charge is 0.356 e. The van der Waals surface area contributed by atoms with Crippen molar-refractivity contribution in [1.29, 1.82) is 0 Å². The van der Waals surface area contributed by atoms with E-state index in [0.717, 1.165) is 12.8 Å². The van der Waals surface area contributed by atoms with Crippen molar-refractivity contribution in [1.82, 2.24) is 9.55 Å². The van der Waals surface area contributed by atoms with Gasteiger partial charge in [0, 0.05) is 18.3 Å². The molecule has 0 spiro atoms. The monoisotopic (exact) mass is 237 g/mol. The van der Waals surface area contributed by atoms with Gasteiger partial charge in [-0.25, -0.2) is 9.78 Å². The Hall–Kier alpha value is -1.52. The molecule has 0 atom stereocenters. The van der Waals surface area contributed by atoms with Gasteiger partial charge in [0.15, 0.2) is 5.69 Å². The van der Waals surface area contributed by atoms with Crippen LogP contribution in [0.5, 0.6) is 0 Å². The van der Waals surface area contributed by atoms with Crippen LogP contribution in [0.4, 0.5) is 5.95 Å². The molecule has 1 heterocycles. The molecular formula is C12H19N3O2. The van der Waals surface area contributed by atoms with Crippen molar-refractivity contribution in [3.63, 3.8) is 0 Å². The zero-order valence-electron chi connectivity index (χ0n) is 10.3. The number of anilines is 1. The lowest BCUT2D eigenvalue weighted by Gasteiger charge is -2.16. The van der Waals surface area contributed by atoms with Crippen molar-refractivity contribution in [2.75, 3.05) is 5.32 Å². The van der Waals surface area contributed by atoms with Gasteiger partial charge in [-0.1, -0.05) is 12.8 Å². The first-order valence-electron chi connectivity index (χ1n) is 6.16. The summed E-state index contributed by atoms with van der Waals surface area (Å²) in [6.45, 7) is 4.04. The Labute approximate surface area is 101 Å². The van der Waals surface area contributed by atoms with Gasteiger partial charge in [0.2, 0.25) is 5.95 Å². The molecule has 1 aromatic rings. The zero-order chi connectivity index (χ0) is 12.4. The largest absolute Gasteiger partial charge is 0.476 e. The lowest BCUT2D eigenvalue weighted by molar-refractivity contribution is 0.0691. The molecule has 1 aromatic heterocycles. The predicted molar refractivity (Wildman–Crippen MR) is 65.5 cm³/mol. The third kappa shape index (κ3) is 2.60. The summed E-state index contributed by atoms with van der Waals surface area (Å²) < 4.78 is 1.89. The predicted octanol–water partition coefficient (Wildman–Crippen LogP) is 2.52. The number of hydrogen-bond acceptors (Lipinski definition) is 3. The van der Waals surface area contributed by atoms with E-state index >= 15 is 0 Å². The first-order valence-corrected chi connectivity index (χ1v) is 6.16. The highest BCUT2D eigenvalue weighted by Gasteiger charge is 2.20. The summed E-state index contributed by atoms with van der Waals surface area (Å²) in [4.78, 5) is 15.1. The van der Waals surface area contributed by atoms with Gasteiger partial charge >= 0.3 is 5.97 Å². The van der Waals surface area contributed by atoms with Crippen molar-refractivity contribution in [2.45, 2.75) is 51.6 Å². The average Bonchev–Trinajstić information content (AvgIpc) is 2.87. The van der Waals surface area contributed by atoms with Crippen LogP contribution in [0.3, 0.4) is 0 Å². The molecule has 94 valence electrons. The number of rotatable bonds is 4. The summed E-state index contributed by atoms with van der Waals surface area (Å²) >= 11 is 0. The van der Waals surface area contributed by atoms with Crippen LogP contribution in [-0.2, 0) is 0 Å². The Balaban J connectivity index is 2.20. The molecule has 5 nitrogen and oxygen atoms in total. The molecule has 0 unspecified atom stereocenters. The molecule has 2 N–H and O–H groups in total. The Morgan fingerprint density at radius 1 is 1.53 bits per heavy atom. The van der Waals surface area contributed by atoms with Crippen LogP contribution in [0.2, 0.25) is 0 Å². The highest BCUT2D eigenvalue weighted by atomic mass is 16.4. The van der Waals surface area contributed by atoms with E-state index in [0.29, 0.717) is 12.0 Å². The van der Waals surface area contributed by atoms with Crippen LogP contribution in [0.25, 0.3) is 0 Å². The molecule has 0 saturated heterocycles. The van der Waals surface area contributed by atoms with E-state index in [1.54, 1.807) is 6.20 Å². The molecule has 0 amide bonds. The lowest BCUT2D eigenvalue weighted by Crippen LogP contribution is -2.18. The van der Waals surface area contributed by atoms with Crippen molar-refractivity contribution >= 4 is 11.9 Å². The Morgan fingerprint density at radius 2 is 2.18 bits per heavy atom. The van der Waals surface area contributed by atoms with E-state index in [9.17, 15) is 4.79 Å². The molecule has 0 aliphatic heterocycles. The zero-order valence-corrected chi connectivity index (χ0v) is 10.3. The number of carboxylic acid groups (broad SMARTS) is 1. The number of nitrogens with zero attached hydrogens (tertiary/aromatic N) is 2. The van der Waals surface area contributed by atoms with Crippen LogP contribution < -0.4 is 5.32 Å². The standard InChI is InChI=1S/C12H19N3O2/c1-8(2)15-7-10(11(16)17)14-12(15)13-9-5-3-4-6-9/h7-9H,3-6H2,1-2H3,(H,13,14)(H,16,17). The van der Waals surface area contributed by atoms with Gasteiger partial charge in [0.05, 0.1) is 0 Å². The van der Waals surface area contributed by atoms with Gasteiger partial charge in [-0.15, -0.1) is 0 Å². The summed E-state index contributed by atoms with van der Waals surface area (Å²) in [6.07, 6.45) is 6.38. The Kier molecular flexibility index (Phi) is 3.36. The van der Waals surface area contributed by atoms with E-state index in [1.807, 2.05) is 18.4 Å². The van der Waals surface area contributed by atoms with Crippen LogP contribution >= 0.6 is 0 Å². The molecule has 2 rings (SSSR count). The number of imidazole rings is 1. The molecule has 1 aliphatic rings. The summed E-state index contributed by atoms with van der Waals surface area (Å²) in [5.41, 5.74) is 0.110. The van der Waals surface area contributed by atoms with E-state index in [4.69, 9.17) is 5.11 Å². The van der Waals surface area contributed by atoms with Gasteiger partial charge in [-0.05, 0) is 26.7 Å². The van der Waals surface area contributed by atoms with E-state index in [1.165, 1.54) is 12.8 Å². The number of aromatic carboxylic acids is 1. The fourth-order valence-electron chi connectivity index (χ4n) is 2.25. The summed E-state index contributed by atoms with van der Waals surface area (Å²) in [5.74, 6) is -0.289. The van der Waals surface area contributed by atoms with Crippen molar-refractivity contribution in [3.8, 4) is 0 Å². The van der Waals surface area contributed by atoms with Gasteiger partial charge in [0.25, 0.3) is 0 Å². The Morgan fingerprint density at radius 3 is 2.71 bits per heavy atom. The van der Waals surface area contributed by atoms with Gasteiger partial charge in [0.1, 0.15) is 0 Å². The number of carbonyl (C=O) groups is 1. The molecule has 1 fully saturated rings. The molecule has 1 saturated carbocycles. The minimum atomic E-state index is -0.973. The van der Waals surface area contributed by atoms with Crippen molar-refractivity contribution in [3.05, 3.63) is 11.9 Å². The number of hydrogen-bond donors (Lipinski definition) is 2. The molecule has 0 aromatic carbocycles. The first-order chi connectivity index (χ1) is 8.08. The molecule has 1 aliphatic carbocycles. The summed E-state index contributed by atoms with van der Waals surface area (Å²) in [6, 6.07) is 0.649. The summed E-state index contributed by atoms with van der Waals surface area (Å²) in [7, 11) is 0. The second-order valence-electron chi connectivity index (χ2n) is 4.88. The van der Waals surface area contributed by atoms with Crippen LogP contribution in [0.15, 0.2) is 6.20 Å². The van der Waals surface area contributed by atoms with Gasteiger partial charge < -0.3 is 15.0 Å². The van der Waals surface area contributed by atoms with Crippen LogP contribution in [-0.4, -0.2) is 26.7 Å². The maximum Gasteiger partial charge on any atom is 0.356 e. The minimum Gasteiger partial charge on any atom is -0.476 e. The van der Waals surface area contributed by atoms with E-state index in [2.05, 4.69) is 10.3 Å². The minimum absolute atomic E-state index is 0.110. The lowest BCUT2D eigenvalue weighted by atomic mass is 10.2. The van der Waals surface area contributed by atoms with Crippen LogP contribution in [0.1, 0.15) is 56.1 Å². The van der Waals surface area contributed by atoms with Crippen LogP contribution in [0, 0.1) is 0 Å². The van der Waals surface area contributed by atoms with Gasteiger partial charge in [-0.2, -0.15) is 0 Å². The average molecular weight is 237 g/mol. The molecule has 5 heteroatoms. The molecular weight excluding hydrogens is 218 g/mol. The third-order valence-electron chi connectivity index (χ3n) is 3.20.